The van der Waals surface area contributed by atoms with Crippen LogP contribution in [-0.2, 0) is 10.2 Å². The molecule has 16 heavy (non-hydrogen) atoms. The van der Waals surface area contributed by atoms with Crippen LogP contribution >= 0.6 is 12.4 Å². The maximum Gasteiger partial charge on any atom is 0.281 e. The maximum absolute atomic E-state index is 12.0. The number of hydrogen-bond donors (Lipinski definition) is 1. The van der Waals surface area contributed by atoms with Gasteiger partial charge in [-0.05, 0) is 25.2 Å². The van der Waals surface area contributed by atoms with E-state index < -0.39 is 10.2 Å². The molecule has 2 N–H and O–H groups in total. The Morgan fingerprint density at radius 1 is 1.38 bits per heavy atom. The average Bonchev–Trinajstić information content (AvgIpc) is 2.86. The van der Waals surface area contributed by atoms with Crippen molar-refractivity contribution in [1.29, 1.82) is 0 Å². The molecule has 0 amide bonds. The zero-order chi connectivity index (χ0) is 11.1. The van der Waals surface area contributed by atoms with E-state index in [1.165, 1.54) is 21.5 Å². The van der Waals surface area contributed by atoms with Gasteiger partial charge < -0.3 is 5.73 Å². The molecule has 1 saturated carbocycles. The molecule has 1 atom stereocenters. The summed E-state index contributed by atoms with van der Waals surface area (Å²) in [5.41, 5.74) is 5.71. The second-order valence-electron chi connectivity index (χ2n) is 4.64. The van der Waals surface area contributed by atoms with Crippen LogP contribution < -0.4 is 5.73 Å². The fourth-order valence-electron chi connectivity index (χ4n) is 1.92. The molecule has 0 unspecified atom stereocenters. The monoisotopic (exact) mass is 269 g/mol. The Kier molecular flexibility index (Phi) is 4.59. The van der Waals surface area contributed by atoms with E-state index in [0.717, 1.165) is 6.42 Å². The highest BCUT2D eigenvalue weighted by molar-refractivity contribution is 7.86. The van der Waals surface area contributed by atoms with Crippen LogP contribution in [-0.4, -0.2) is 49.8 Å². The van der Waals surface area contributed by atoms with E-state index in [1.807, 2.05) is 0 Å². The summed E-state index contributed by atoms with van der Waals surface area (Å²) in [5.74, 6) is 0.584. The molecule has 0 spiro atoms. The Balaban J connectivity index is 0.00000128. The van der Waals surface area contributed by atoms with Gasteiger partial charge in [-0.25, -0.2) is 0 Å². The summed E-state index contributed by atoms with van der Waals surface area (Å²) < 4.78 is 27.1. The molecule has 0 radical (unpaired) electrons. The third kappa shape index (κ3) is 3.07. The Bertz CT molecular complexity index is 332. The minimum absolute atomic E-state index is 0. The van der Waals surface area contributed by atoms with Gasteiger partial charge in [-0.15, -0.1) is 12.4 Å². The average molecular weight is 270 g/mol. The first-order valence-electron chi connectivity index (χ1n) is 5.47. The first-order valence-corrected chi connectivity index (χ1v) is 6.87. The summed E-state index contributed by atoms with van der Waals surface area (Å²) in [7, 11) is -1.58. The second kappa shape index (κ2) is 5.18. The molecule has 1 saturated heterocycles. The molecule has 7 heteroatoms. The third-order valence-electron chi connectivity index (χ3n) is 3.12. The molecule has 0 aromatic rings. The van der Waals surface area contributed by atoms with Gasteiger partial charge >= 0.3 is 0 Å². The van der Waals surface area contributed by atoms with E-state index in [9.17, 15) is 8.42 Å². The van der Waals surface area contributed by atoms with Crippen LogP contribution in [0.25, 0.3) is 0 Å². The highest BCUT2D eigenvalue weighted by Gasteiger charge is 2.35. The molecular weight excluding hydrogens is 250 g/mol. The van der Waals surface area contributed by atoms with Crippen molar-refractivity contribution in [3.63, 3.8) is 0 Å². The zero-order valence-electron chi connectivity index (χ0n) is 9.50. The van der Waals surface area contributed by atoms with Crippen molar-refractivity contribution in [2.24, 2.45) is 11.7 Å². The molecular formula is C9H20ClN3O2S. The molecule has 1 aliphatic heterocycles. The molecule has 1 heterocycles. The molecule has 1 aliphatic carbocycles. The van der Waals surface area contributed by atoms with Gasteiger partial charge in [0.1, 0.15) is 0 Å². The minimum atomic E-state index is -3.24. The van der Waals surface area contributed by atoms with Gasteiger partial charge in [0.05, 0.1) is 0 Å². The quantitative estimate of drug-likeness (QED) is 0.783. The Hall–Kier alpha value is 0.120. The van der Waals surface area contributed by atoms with E-state index in [4.69, 9.17) is 5.73 Å². The normalized spacial score (nSPS) is 27.1. The lowest BCUT2D eigenvalue weighted by molar-refractivity contribution is 0.384. The predicted molar refractivity (Wildman–Crippen MR) is 65.7 cm³/mol. The Morgan fingerprint density at radius 2 is 2.00 bits per heavy atom. The second-order valence-corrected chi connectivity index (χ2v) is 6.67. The molecule has 96 valence electrons. The van der Waals surface area contributed by atoms with E-state index in [-0.39, 0.29) is 18.4 Å². The molecule has 2 aliphatic rings. The molecule has 0 bridgehead atoms. The summed E-state index contributed by atoms with van der Waals surface area (Å²) in [6, 6.07) is 0.00843. The summed E-state index contributed by atoms with van der Waals surface area (Å²) in [6.07, 6.45) is 3.11. The summed E-state index contributed by atoms with van der Waals surface area (Å²) in [5, 5.41) is 0. The predicted octanol–water partition coefficient (Wildman–Crippen LogP) is 0.0278. The van der Waals surface area contributed by atoms with Gasteiger partial charge in [-0.2, -0.15) is 17.0 Å². The number of halogens is 1. The lowest BCUT2D eigenvalue weighted by atomic mass is 10.3. The van der Waals surface area contributed by atoms with Crippen LogP contribution in [0.4, 0.5) is 0 Å². The third-order valence-corrected chi connectivity index (χ3v) is 5.04. The Morgan fingerprint density at radius 3 is 2.44 bits per heavy atom. The van der Waals surface area contributed by atoms with Crippen LogP contribution in [0.3, 0.4) is 0 Å². The van der Waals surface area contributed by atoms with Crippen LogP contribution in [0.15, 0.2) is 0 Å². The fourth-order valence-corrected chi connectivity index (χ4v) is 3.43. The SMILES string of the molecule is CN(CC1CC1)S(=O)(=O)N1CC[C@@H](N)C1.Cl. The highest BCUT2D eigenvalue weighted by atomic mass is 35.5. The standard InChI is InChI=1S/C9H19N3O2S.ClH/c1-11(6-8-2-3-8)15(13,14)12-5-4-9(10)7-12;/h8-9H,2-7,10H2,1H3;1H/t9-;/m1./s1. The summed E-state index contributed by atoms with van der Waals surface area (Å²) in [4.78, 5) is 0. The molecule has 5 nitrogen and oxygen atoms in total. The smallest absolute Gasteiger partial charge is 0.281 e. The van der Waals surface area contributed by atoms with Crippen molar-refractivity contribution < 1.29 is 8.42 Å². The zero-order valence-corrected chi connectivity index (χ0v) is 11.1. The topological polar surface area (TPSA) is 66.6 Å². The number of rotatable bonds is 4. The molecule has 2 rings (SSSR count). The van der Waals surface area contributed by atoms with Crippen molar-refractivity contribution in [1.82, 2.24) is 8.61 Å². The van der Waals surface area contributed by atoms with Gasteiger partial charge in [0.2, 0.25) is 0 Å². The highest BCUT2D eigenvalue weighted by Crippen LogP contribution is 2.30. The van der Waals surface area contributed by atoms with Crippen LogP contribution in [0.2, 0.25) is 0 Å². The number of nitrogens with zero attached hydrogens (tertiary/aromatic N) is 2. The summed E-state index contributed by atoms with van der Waals surface area (Å²) >= 11 is 0. The van der Waals surface area contributed by atoms with Crippen LogP contribution in [0, 0.1) is 5.92 Å². The lowest BCUT2D eigenvalue weighted by Gasteiger charge is -2.23. The van der Waals surface area contributed by atoms with Crippen LogP contribution in [0.5, 0.6) is 0 Å². The van der Waals surface area contributed by atoms with Gasteiger partial charge in [0.25, 0.3) is 10.2 Å². The van der Waals surface area contributed by atoms with Crippen molar-refractivity contribution >= 4 is 22.6 Å². The maximum atomic E-state index is 12.0. The summed E-state index contributed by atoms with van der Waals surface area (Å²) in [6.45, 7) is 1.70. The first kappa shape index (κ1) is 14.2. The fraction of sp³-hybridized carbons (Fsp3) is 1.00. The first-order chi connectivity index (χ1) is 7.00. The van der Waals surface area contributed by atoms with Crippen molar-refractivity contribution in [3.05, 3.63) is 0 Å². The van der Waals surface area contributed by atoms with Crippen LogP contribution in [0.1, 0.15) is 19.3 Å². The van der Waals surface area contributed by atoms with E-state index >= 15 is 0 Å². The van der Waals surface area contributed by atoms with Crippen molar-refractivity contribution in [2.75, 3.05) is 26.7 Å². The number of nitrogens with two attached hydrogens (primary N) is 1. The van der Waals surface area contributed by atoms with E-state index in [0.29, 0.717) is 25.6 Å². The van der Waals surface area contributed by atoms with Gasteiger partial charge in [-0.3, -0.25) is 0 Å². The number of hydrogen-bond acceptors (Lipinski definition) is 3. The van der Waals surface area contributed by atoms with E-state index in [2.05, 4.69) is 0 Å². The van der Waals surface area contributed by atoms with Crippen molar-refractivity contribution in [2.45, 2.75) is 25.3 Å². The Labute approximate surface area is 104 Å². The minimum Gasteiger partial charge on any atom is -0.326 e. The molecule has 0 aromatic carbocycles. The van der Waals surface area contributed by atoms with Gasteiger partial charge in [0, 0.05) is 32.7 Å². The largest absolute Gasteiger partial charge is 0.326 e. The van der Waals surface area contributed by atoms with E-state index in [1.54, 1.807) is 7.05 Å². The molecule has 0 aromatic heterocycles. The lowest BCUT2D eigenvalue weighted by Crippen LogP contribution is -2.42. The van der Waals surface area contributed by atoms with Gasteiger partial charge in [-0.1, -0.05) is 0 Å². The molecule has 2 fully saturated rings. The van der Waals surface area contributed by atoms with Crippen molar-refractivity contribution in [3.8, 4) is 0 Å². The van der Waals surface area contributed by atoms with Gasteiger partial charge in [0.15, 0.2) is 0 Å².